The van der Waals surface area contributed by atoms with Crippen LogP contribution in [-0.4, -0.2) is 5.11 Å². The van der Waals surface area contributed by atoms with Crippen molar-refractivity contribution >= 4 is 0 Å². The second-order valence-electron chi connectivity index (χ2n) is 2.63. The minimum absolute atomic E-state index is 0.662. The molecule has 0 fully saturated rings. The highest BCUT2D eigenvalue weighted by Crippen LogP contribution is 2.12. The maximum absolute atomic E-state index is 9.13. The molecular formula is C10H11NO. The van der Waals surface area contributed by atoms with E-state index in [0.29, 0.717) is 5.56 Å². The van der Waals surface area contributed by atoms with E-state index in [1.54, 1.807) is 18.2 Å². The zero-order valence-corrected chi connectivity index (χ0v) is 6.99. The van der Waals surface area contributed by atoms with Gasteiger partial charge >= 0.3 is 0 Å². The molecule has 62 valence electrons. The number of hydrogen-bond acceptors (Lipinski definition) is 2. The third-order valence-corrected chi connectivity index (χ3v) is 1.83. The van der Waals surface area contributed by atoms with E-state index in [4.69, 9.17) is 10.4 Å². The summed E-state index contributed by atoms with van der Waals surface area (Å²) in [5.74, 6) is 0. The Balaban J connectivity index is 2.86. The Bertz CT molecular complexity index is 284. The largest absolute Gasteiger partial charge is 0.374 e. The van der Waals surface area contributed by atoms with Crippen molar-refractivity contribution in [3.63, 3.8) is 0 Å². The summed E-state index contributed by atoms with van der Waals surface area (Å²) in [6, 6.07) is 9.20. The fourth-order valence-corrected chi connectivity index (χ4v) is 1.01. The molecule has 1 N–H and O–H groups in total. The molecule has 0 bridgehead atoms. The highest BCUT2D eigenvalue weighted by atomic mass is 16.3. The van der Waals surface area contributed by atoms with Gasteiger partial charge in [-0.3, -0.25) is 0 Å². The third kappa shape index (κ3) is 1.84. The molecule has 2 nitrogen and oxygen atoms in total. The van der Waals surface area contributed by atoms with E-state index < -0.39 is 6.10 Å². The smallest absolute Gasteiger partial charge is 0.165 e. The number of rotatable bonds is 2. The van der Waals surface area contributed by atoms with Crippen LogP contribution in [0.5, 0.6) is 0 Å². The standard InChI is InChI=1S/C10H11NO/c1-2-8-3-5-9(6-4-8)10(12)7-11/h3-6,10,12H,2H2,1H3. The van der Waals surface area contributed by atoms with Crippen LogP contribution >= 0.6 is 0 Å². The van der Waals surface area contributed by atoms with Crippen LogP contribution in [0.2, 0.25) is 0 Å². The Morgan fingerprint density at radius 3 is 2.42 bits per heavy atom. The van der Waals surface area contributed by atoms with Crippen LogP contribution in [-0.2, 0) is 6.42 Å². The maximum atomic E-state index is 9.13. The molecule has 1 aromatic carbocycles. The molecule has 0 amide bonds. The van der Waals surface area contributed by atoms with Crippen molar-refractivity contribution in [3.05, 3.63) is 35.4 Å². The summed E-state index contributed by atoms with van der Waals surface area (Å²) in [4.78, 5) is 0. The molecule has 0 aliphatic rings. The predicted octanol–water partition coefficient (Wildman–Crippen LogP) is 1.81. The normalized spacial score (nSPS) is 12.1. The van der Waals surface area contributed by atoms with E-state index in [0.717, 1.165) is 6.42 Å². The molecule has 0 radical (unpaired) electrons. The van der Waals surface area contributed by atoms with E-state index in [-0.39, 0.29) is 0 Å². The minimum Gasteiger partial charge on any atom is -0.374 e. The number of benzene rings is 1. The molecule has 2 heteroatoms. The number of aliphatic hydroxyl groups excluding tert-OH is 1. The van der Waals surface area contributed by atoms with E-state index in [9.17, 15) is 0 Å². The quantitative estimate of drug-likeness (QED) is 0.672. The molecule has 1 atom stereocenters. The van der Waals surface area contributed by atoms with Gasteiger partial charge in [0.05, 0.1) is 6.07 Å². The molecule has 1 rings (SSSR count). The summed E-state index contributed by atoms with van der Waals surface area (Å²) < 4.78 is 0. The van der Waals surface area contributed by atoms with Gasteiger partial charge in [-0.05, 0) is 17.5 Å². The first-order valence-corrected chi connectivity index (χ1v) is 3.94. The lowest BCUT2D eigenvalue weighted by molar-refractivity contribution is 0.236. The van der Waals surface area contributed by atoms with Crippen molar-refractivity contribution in [2.75, 3.05) is 0 Å². The number of nitriles is 1. The lowest BCUT2D eigenvalue weighted by Gasteiger charge is -2.02. The fourth-order valence-electron chi connectivity index (χ4n) is 1.01. The maximum Gasteiger partial charge on any atom is 0.165 e. The van der Waals surface area contributed by atoms with Gasteiger partial charge in [0.2, 0.25) is 0 Å². The molecule has 0 heterocycles. The first-order chi connectivity index (χ1) is 5.77. The van der Waals surface area contributed by atoms with Crippen LogP contribution in [0.25, 0.3) is 0 Å². The minimum atomic E-state index is -0.990. The van der Waals surface area contributed by atoms with Crippen LogP contribution in [0.3, 0.4) is 0 Å². The summed E-state index contributed by atoms with van der Waals surface area (Å²) in [7, 11) is 0. The van der Waals surface area contributed by atoms with Crippen LogP contribution in [0.4, 0.5) is 0 Å². The predicted molar refractivity (Wildman–Crippen MR) is 46.4 cm³/mol. The van der Waals surface area contributed by atoms with E-state index in [1.807, 2.05) is 12.1 Å². The molecule has 0 saturated carbocycles. The second-order valence-corrected chi connectivity index (χ2v) is 2.63. The number of hydrogen-bond donors (Lipinski definition) is 1. The molecule has 0 spiro atoms. The van der Waals surface area contributed by atoms with E-state index in [1.165, 1.54) is 5.56 Å². The van der Waals surface area contributed by atoms with Gasteiger partial charge in [0.15, 0.2) is 6.10 Å². The Morgan fingerprint density at radius 2 is 2.00 bits per heavy atom. The van der Waals surface area contributed by atoms with Gasteiger partial charge < -0.3 is 5.11 Å². The molecule has 12 heavy (non-hydrogen) atoms. The van der Waals surface area contributed by atoms with E-state index in [2.05, 4.69) is 6.92 Å². The topological polar surface area (TPSA) is 44.0 Å². The second kappa shape index (κ2) is 3.89. The summed E-state index contributed by atoms with van der Waals surface area (Å²) in [6.45, 7) is 2.07. The number of aliphatic hydroxyl groups is 1. The Morgan fingerprint density at radius 1 is 1.42 bits per heavy atom. The lowest BCUT2D eigenvalue weighted by Crippen LogP contribution is -1.92. The van der Waals surface area contributed by atoms with Gasteiger partial charge in [0.1, 0.15) is 0 Å². The van der Waals surface area contributed by atoms with Crippen molar-refractivity contribution in [2.45, 2.75) is 19.4 Å². The van der Waals surface area contributed by atoms with Gasteiger partial charge in [-0.15, -0.1) is 0 Å². The zero-order chi connectivity index (χ0) is 8.97. The van der Waals surface area contributed by atoms with Crippen molar-refractivity contribution in [2.24, 2.45) is 0 Å². The van der Waals surface area contributed by atoms with Crippen molar-refractivity contribution < 1.29 is 5.11 Å². The molecule has 0 aromatic heterocycles. The Labute approximate surface area is 72.1 Å². The molecule has 0 saturated heterocycles. The monoisotopic (exact) mass is 161 g/mol. The Kier molecular flexibility index (Phi) is 2.84. The van der Waals surface area contributed by atoms with Gasteiger partial charge in [-0.25, -0.2) is 0 Å². The molecular weight excluding hydrogens is 150 g/mol. The van der Waals surface area contributed by atoms with Crippen LogP contribution in [0.15, 0.2) is 24.3 Å². The summed E-state index contributed by atoms with van der Waals surface area (Å²) in [5, 5.41) is 17.5. The number of aryl methyl sites for hydroxylation is 1. The van der Waals surface area contributed by atoms with Gasteiger partial charge in [0.25, 0.3) is 0 Å². The third-order valence-electron chi connectivity index (χ3n) is 1.83. The number of nitrogens with zero attached hydrogens (tertiary/aromatic N) is 1. The highest BCUT2D eigenvalue weighted by molar-refractivity contribution is 5.26. The average Bonchev–Trinajstić information content (AvgIpc) is 2.17. The summed E-state index contributed by atoms with van der Waals surface area (Å²) in [6.07, 6.45) is -0.0148. The van der Waals surface area contributed by atoms with Crippen LogP contribution in [0.1, 0.15) is 24.2 Å². The first kappa shape index (κ1) is 8.76. The van der Waals surface area contributed by atoms with Gasteiger partial charge in [0, 0.05) is 0 Å². The average molecular weight is 161 g/mol. The summed E-state index contributed by atoms with van der Waals surface area (Å²) >= 11 is 0. The lowest BCUT2D eigenvalue weighted by atomic mass is 10.1. The SMILES string of the molecule is CCc1ccc(C(O)C#N)cc1. The van der Waals surface area contributed by atoms with Crippen molar-refractivity contribution in [1.82, 2.24) is 0 Å². The molecule has 0 aliphatic carbocycles. The zero-order valence-electron chi connectivity index (χ0n) is 6.99. The van der Waals surface area contributed by atoms with E-state index >= 15 is 0 Å². The fraction of sp³-hybridized carbons (Fsp3) is 0.300. The molecule has 1 unspecified atom stereocenters. The highest BCUT2D eigenvalue weighted by Gasteiger charge is 2.03. The van der Waals surface area contributed by atoms with Crippen molar-refractivity contribution in [1.29, 1.82) is 5.26 Å². The molecule has 1 aromatic rings. The Hall–Kier alpha value is -1.33. The molecule has 0 aliphatic heterocycles. The van der Waals surface area contributed by atoms with Gasteiger partial charge in [-0.2, -0.15) is 5.26 Å². The first-order valence-electron chi connectivity index (χ1n) is 3.94. The van der Waals surface area contributed by atoms with Crippen molar-refractivity contribution in [3.8, 4) is 6.07 Å². The van der Waals surface area contributed by atoms with Crippen LogP contribution in [0, 0.1) is 11.3 Å². The van der Waals surface area contributed by atoms with Gasteiger partial charge in [-0.1, -0.05) is 31.2 Å². The summed E-state index contributed by atoms with van der Waals surface area (Å²) in [5.41, 5.74) is 1.87. The van der Waals surface area contributed by atoms with Crippen LogP contribution < -0.4 is 0 Å².